The van der Waals surface area contributed by atoms with E-state index in [-0.39, 0.29) is 5.78 Å². The molecule has 0 aliphatic rings. The largest absolute Gasteiger partial charge is 0.321 e. The van der Waals surface area contributed by atoms with Crippen LogP contribution in [0.1, 0.15) is 30.3 Å². The average Bonchev–Trinajstić information content (AvgIpc) is 2.66. The van der Waals surface area contributed by atoms with Crippen molar-refractivity contribution in [3.05, 3.63) is 24.5 Å². The summed E-state index contributed by atoms with van der Waals surface area (Å²) in [6, 6.07) is -0.545. The predicted octanol–water partition coefficient (Wildman–Crippen LogP) is 0.774. The van der Waals surface area contributed by atoms with Crippen molar-refractivity contribution >= 4 is 5.78 Å². The lowest BCUT2D eigenvalue weighted by atomic mass is 10.1. The van der Waals surface area contributed by atoms with Crippen molar-refractivity contribution in [1.82, 2.24) is 15.0 Å². The van der Waals surface area contributed by atoms with Gasteiger partial charge in [-0.2, -0.15) is 0 Å². The molecular weight excluding hydrogens is 192 g/mol. The highest BCUT2D eigenvalue weighted by atomic mass is 16.1. The Hall–Kier alpha value is -1.49. The van der Waals surface area contributed by atoms with Crippen LogP contribution < -0.4 is 5.73 Å². The number of rotatable bonds is 6. The molecule has 0 aliphatic heterocycles. The normalized spacial score (nSPS) is 12.4. The standard InChI is InChI=1S/C10H16N4O/c1-3-5-8(11)10(15)9-7-12-13-14(9)6-4-2/h3,7-8H,1,4-6,11H2,2H3. The molecular formula is C10H16N4O. The van der Waals surface area contributed by atoms with Gasteiger partial charge in [0.1, 0.15) is 5.69 Å². The van der Waals surface area contributed by atoms with Gasteiger partial charge in [0.2, 0.25) is 0 Å². The van der Waals surface area contributed by atoms with Crippen LogP contribution in [0, 0.1) is 0 Å². The minimum absolute atomic E-state index is 0.131. The van der Waals surface area contributed by atoms with Crippen LogP contribution >= 0.6 is 0 Å². The zero-order chi connectivity index (χ0) is 11.3. The Kier molecular flexibility index (Phi) is 4.17. The molecule has 0 radical (unpaired) electrons. The zero-order valence-corrected chi connectivity index (χ0v) is 8.89. The number of carbonyl (C=O) groups excluding carboxylic acids is 1. The molecule has 5 nitrogen and oxygen atoms in total. The summed E-state index contributed by atoms with van der Waals surface area (Å²) in [6.45, 7) is 6.25. The van der Waals surface area contributed by atoms with Crippen molar-refractivity contribution in [3.8, 4) is 0 Å². The SMILES string of the molecule is C=CCC(N)C(=O)c1cnnn1CCC. The summed E-state index contributed by atoms with van der Waals surface area (Å²) in [5, 5.41) is 7.55. The zero-order valence-electron chi connectivity index (χ0n) is 8.89. The number of aryl methyl sites for hydroxylation is 1. The predicted molar refractivity (Wildman–Crippen MR) is 57.4 cm³/mol. The fraction of sp³-hybridized carbons (Fsp3) is 0.500. The number of carbonyl (C=O) groups is 1. The summed E-state index contributed by atoms with van der Waals surface area (Å²) >= 11 is 0. The highest BCUT2D eigenvalue weighted by Gasteiger charge is 2.18. The lowest BCUT2D eigenvalue weighted by Gasteiger charge is -2.08. The first-order valence-corrected chi connectivity index (χ1v) is 4.99. The van der Waals surface area contributed by atoms with E-state index in [9.17, 15) is 4.79 Å². The van der Waals surface area contributed by atoms with E-state index in [1.54, 1.807) is 10.8 Å². The Balaban J connectivity index is 2.80. The smallest absolute Gasteiger partial charge is 0.199 e. The molecule has 0 amide bonds. The minimum Gasteiger partial charge on any atom is -0.321 e. The summed E-state index contributed by atoms with van der Waals surface area (Å²) < 4.78 is 1.59. The summed E-state index contributed by atoms with van der Waals surface area (Å²) in [7, 11) is 0. The van der Waals surface area contributed by atoms with Gasteiger partial charge in [-0.25, -0.2) is 4.68 Å². The second-order valence-electron chi connectivity index (χ2n) is 3.34. The van der Waals surface area contributed by atoms with Crippen LogP contribution in [0.2, 0.25) is 0 Å². The molecule has 1 aromatic rings. The van der Waals surface area contributed by atoms with Gasteiger partial charge in [0.05, 0.1) is 12.2 Å². The highest BCUT2D eigenvalue weighted by Crippen LogP contribution is 2.04. The molecule has 0 spiro atoms. The van der Waals surface area contributed by atoms with Gasteiger partial charge in [0.15, 0.2) is 5.78 Å². The third-order valence-electron chi connectivity index (χ3n) is 2.06. The molecule has 1 aromatic heterocycles. The average molecular weight is 208 g/mol. The van der Waals surface area contributed by atoms with Crippen molar-refractivity contribution < 1.29 is 4.79 Å². The number of hydrogen-bond acceptors (Lipinski definition) is 4. The number of ketones is 1. The number of aromatic nitrogens is 3. The first-order chi connectivity index (χ1) is 7.20. The molecule has 82 valence electrons. The number of nitrogens with zero attached hydrogens (tertiary/aromatic N) is 3. The fourth-order valence-electron chi connectivity index (χ4n) is 1.30. The Morgan fingerprint density at radius 1 is 1.80 bits per heavy atom. The quantitative estimate of drug-likeness (QED) is 0.553. The Bertz CT molecular complexity index is 345. The third-order valence-corrected chi connectivity index (χ3v) is 2.06. The van der Waals surface area contributed by atoms with Gasteiger partial charge in [0.25, 0.3) is 0 Å². The minimum atomic E-state index is -0.545. The molecule has 1 rings (SSSR count). The molecule has 0 aliphatic carbocycles. The van der Waals surface area contributed by atoms with Crippen molar-refractivity contribution in [3.63, 3.8) is 0 Å². The molecule has 1 unspecified atom stereocenters. The molecule has 0 saturated heterocycles. The fourth-order valence-corrected chi connectivity index (χ4v) is 1.30. The molecule has 0 saturated carbocycles. The summed E-state index contributed by atoms with van der Waals surface area (Å²) in [5.41, 5.74) is 6.17. The van der Waals surface area contributed by atoms with E-state index in [4.69, 9.17) is 5.73 Å². The topological polar surface area (TPSA) is 73.8 Å². The third kappa shape index (κ3) is 2.73. The van der Waals surface area contributed by atoms with E-state index in [2.05, 4.69) is 16.9 Å². The van der Waals surface area contributed by atoms with Crippen LogP contribution in [-0.4, -0.2) is 26.8 Å². The van der Waals surface area contributed by atoms with Crippen molar-refractivity contribution in [2.45, 2.75) is 32.4 Å². The first kappa shape index (κ1) is 11.6. The Labute approximate surface area is 89.0 Å². The summed E-state index contributed by atoms with van der Waals surface area (Å²) in [6.07, 6.45) is 4.47. The second kappa shape index (κ2) is 5.41. The van der Waals surface area contributed by atoms with Gasteiger partial charge in [-0.3, -0.25) is 4.79 Å². The van der Waals surface area contributed by atoms with Crippen LogP contribution in [0.4, 0.5) is 0 Å². The first-order valence-electron chi connectivity index (χ1n) is 4.99. The van der Waals surface area contributed by atoms with Crippen molar-refractivity contribution in [1.29, 1.82) is 0 Å². The lowest BCUT2D eigenvalue weighted by molar-refractivity contribution is 0.0951. The molecule has 1 heterocycles. The van der Waals surface area contributed by atoms with Crippen molar-refractivity contribution in [2.75, 3.05) is 0 Å². The van der Waals surface area contributed by atoms with Crippen molar-refractivity contribution in [2.24, 2.45) is 5.73 Å². The summed E-state index contributed by atoms with van der Waals surface area (Å²) in [5.74, 6) is -0.131. The van der Waals surface area contributed by atoms with Gasteiger partial charge in [-0.1, -0.05) is 18.2 Å². The maximum absolute atomic E-state index is 11.8. The maximum Gasteiger partial charge on any atom is 0.199 e. The van der Waals surface area contributed by atoms with Crippen LogP contribution in [-0.2, 0) is 6.54 Å². The highest BCUT2D eigenvalue weighted by molar-refractivity contribution is 5.98. The number of Topliss-reactive ketones (excluding diaryl/α,β-unsaturated/α-hetero) is 1. The van der Waals surface area contributed by atoms with Gasteiger partial charge < -0.3 is 5.73 Å². The van der Waals surface area contributed by atoms with E-state index < -0.39 is 6.04 Å². The molecule has 1 atom stereocenters. The Morgan fingerprint density at radius 2 is 2.53 bits per heavy atom. The van der Waals surface area contributed by atoms with Crippen LogP contribution in [0.15, 0.2) is 18.9 Å². The monoisotopic (exact) mass is 208 g/mol. The van der Waals surface area contributed by atoms with Crippen LogP contribution in [0.5, 0.6) is 0 Å². The molecule has 0 bridgehead atoms. The van der Waals surface area contributed by atoms with Gasteiger partial charge >= 0.3 is 0 Å². The number of nitrogens with two attached hydrogens (primary N) is 1. The van der Waals surface area contributed by atoms with E-state index in [0.717, 1.165) is 6.42 Å². The maximum atomic E-state index is 11.8. The second-order valence-corrected chi connectivity index (χ2v) is 3.34. The van der Waals surface area contributed by atoms with Gasteiger partial charge in [-0.15, -0.1) is 11.7 Å². The van der Waals surface area contributed by atoms with E-state index in [1.807, 2.05) is 6.92 Å². The van der Waals surface area contributed by atoms with Crippen LogP contribution in [0.25, 0.3) is 0 Å². The van der Waals surface area contributed by atoms with E-state index in [1.165, 1.54) is 6.20 Å². The van der Waals surface area contributed by atoms with Gasteiger partial charge in [0, 0.05) is 6.54 Å². The number of hydrogen-bond donors (Lipinski definition) is 1. The summed E-state index contributed by atoms with van der Waals surface area (Å²) in [4.78, 5) is 11.8. The lowest BCUT2D eigenvalue weighted by Crippen LogP contribution is -2.31. The van der Waals surface area contributed by atoms with E-state index >= 15 is 0 Å². The molecule has 5 heteroatoms. The van der Waals surface area contributed by atoms with Gasteiger partial charge in [-0.05, 0) is 12.8 Å². The molecule has 2 N–H and O–H groups in total. The van der Waals surface area contributed by atoms with E-state index in [0.29, 0.717) is 18.7 Å². The molecule has 0 fully saturated rings. The Morgan fingerprint density at radius 3 is 3.13 bits per heavy atom. The molecule has 15 heavy (non-hydrogen) atoms. The molecule has 0 aromatic carbocycles. The van der Waals surface area contributed by atoms with Crippen LogP contribution in [0.3, 0.4) is 0 Å².